The van der Waals surface area contributed by atoms with Gasteiger partial charge in [-0.25, -0.2) is 0 Å². The Labute approximate surface area is 106 Å². The van der Waals surface area contributed by atoms with Crippen LogP contribution in [0.25, 0.3) is 0 Å². The molecule has 0 saturated carbocycles. The van der Waals surface area contributed by atoms with E-state index in [1.54, 1.807) is 0 Å². The highest BCUT2D eigenvalue weighted by Crippen LogP contribution is 2.21. The van der Waals surface area contributed by atoms with E-state index >= 15 is 0 Å². The number of rotatable bonds is 7. The van der Waals surface area contributed by atoms with Crippen molar-refractivity contribution in [2.24, 2.45) is 0 Å². The molecule has 1 fully saturated rings. The fourth-order valence-electron chi connectivity index (χ4n) is 3.00. The van der Waals surface area contributed by atoms with E-state index in [0.29, 0.717) is 6.04 Å². The van der Waals surface area contributed by atoms with Crippen LogP contribution < -0.4 is 0 Å². The van der Waals surface area contributed by atoms with Gasteiger partial charge in [-0.3, -0.25) is 9.69 Å². The quantitative estimate of drug-likeness (QED) is 0.638. The van der Waals surface area contributed by atoms with Crippen molar-refractivity contribution in [2.45, 2.75) is 65.0 Å². The minimum absolute atomic E-state index is 0.691. The summed E-state index contributed by atoms with van der Waals surface area (Å²) in [6, 6.07) is 1.42. The lowest BCUT2D eigenvalue weighted by Crippen LogP contribution is -2.48. The van der Waals surface area contributed by atoms with Crippen LogP contribution in [-0.4, -0.2) is 47.9 Å². The van der Waals surface area contributed by atoms with Gasteiger partial charge in [-0.1, -0.05) is 20.8 Å². The first-order chi connectivity index (χ1) is 8.26. The Hall–Kier alpha value is -0.570. The van der Waals surface area contributed by atoms with Gasteiger partial charge in [0.15, 0.2) is 0 Å². The van der Waals surface area contributed by atoms with Gasteiger partial charge in [0.05, 0.1) is 0 Å². The van der Waals surface area contributed by atoms with Crippen LogP contribution >= 0.6 is 0 Å². The molecule has 0 unspecified atom stereocenters. The van der Waals surface area contributed by atoms with Crippen molar-refractivity contribution >= 4 is 6.41 Å². The molecule has 0 radical (unpaired) electrons. The number of likely N-dealkylation sites (tertiary alicyclic amines) is 1. The van der Waals surface area contributed by atoms with Crippen molar-refractivity contribution in [2.75, 3.05) is 19.6 Å². The van der Waals surface area contributed by atoms with E-state index < -0.39 is 0 Å². The molecule has 17 heavy (non-hydrogen) atoms. The van der Waals surface area contributed by atoms with E-state index in [9.17, 15) is 4.79 Å². The maximum absolute atomic E-state index is 10.7. The highest BCUT2D eigenvalue weighted by Gasteiger charge is 2.26. The summed E-state index contributed by atoms with van der Waals surface area (Å²) >= 11 is 0. The Balaban J connectivity index is 2.55. The number of hydrogen-bond donors (Lipinski definition) is 0. The third-order valence-corrected chi connectivity index (χ3v) is 4.01. The van der Waals surface area contributed by atoms with Crippen LogP contribution in [0.4, 0.5) is 0 Å². The second kappa shape index (κ2) is 7.70. The third-order valence-electron chi connectivity index (χ3n) is 4.01. The lowest BCUT2D eigenvalue weighted by molar-refractivity contribution is -0.119. The molecule has 1 rings (SSSR count). The molecule has 0 aromatic rings. The average Bonchev–Trinajstić information content (AvgIpc) is 2.39. The zero-order chi connectivity index (χ0) is 12.7. The average molecular weight is 240 g/mol. The van der Waals surface area contributed by atoms with Crippen molar-refractivity contribution in [1.29, 1.82) is 0 Å². The van der Waals surface area contributed by atoms with Gasteiger partial charge in [-0.15, -0.1) is 0 Å². The molecule has 1 aliphatic rings. The molecule has 0 bridgehead atoms. The summed E-state index contributed by atoms with van der Waals surface area (Å²) in [7, 11) is 0. The molecule has 0 aromatic heterocycles. The normalized spacial score (nSPS) is 18.1. The Morgan fingerprint density at radius 1 is 1.24 bits per heavy atom. The summed E-state index contributed by atoms with van der Waals surface area (Å²) in [5.41, 5.74) is 0. The molecular formula is C14H28N2O. The van der Waals surface area contributed by atoms with Crippen LogP contribution in [0.1, 0.15) is 52.9 Å². The maximum atomic E-state index is 10.7. The van der Waals surface area contributed by atoms with Gasteiger partial charge < -0.3 is 4.90 Å². The minimum Gasteiger partial charge on any atom is -0.345 e. The summed E-state index contributed by atoms with van der Waals surface area (Å²) in [4.78, 5) is 15.3. The second-order valence-corrected chi connectivity index (χ2v) is 5.08. The topological polar surface area (TPSA) is 23.6 Å². The first-order valence-electron chi connectivity index (χ1n) is 7.21. The molecule has 3 heteroatoms. The van der Waals surface area contributed by atoms with Crippen LogP contribution in [0.15, 0.2) is 0 Å². The lowest BCUT2D eigenvalue weighted by atomic mass is 9.99. The highest BCUT2D eigenvalue weighted by molar-refractivity contribution is 5.47. The molecule has 3 nitrogen and oxygen atoms in total. The number of amides is 1. The molecule has 1 amide bonds. The minimum atomic E-state index is 0.691. The van der Waals surface area contributed by atoms with Crippen LogP contribution in [0.2, 0.25) is 0 Å². The zero-order valence-electron chi connectivity index (χ0n) is 11.7. The van der Waals surface area contributed by atoms with Gasteiger partial charge in [0.1, 0.15) is 0 Å². The smallest absolute Gasteiger partial charge is 0.209 e. The van der Waals surface area contributed by atoms with Gasteiger partial charge in [0.25, 0.3) is 0 Å². The van der Waals surface area contributed by atoms with E-state index in [1.807, 2.05) is 4.90 Å². The molecule has 0 N–H and O–H groups in total. The fourth-order valence-corrected chi connectivity index (χ4v) is 3.00. The van der Waals surface area contributed by atoms with Crippen molar-refractivity contribution in [3.8, 4) is 0 Å². The largest absolute Gasteiger partial charge is 0.345 e. The first-order valence-corrected chi connectivity index (χ1v) is 7.21. The Kier molecular flexibility index (Phi) is 6.56. The molecule has 0 aromatic carbocycles. The molecular weight excluding hydrogens is 212 g/mol. The van der Waals surface area contributed by atoms with Gasteiger partial charge in [0, 0.05) is 25.2 Å². The van der Waals surface area contributed by atoms with Crippen LogP contribution in [0, 0.1) is 0 Å². The van der Waals surface area contributed by atoms with E-state index in [4.69, 9.17) is 0 Å². The molecule has 1 saturated heterocycles. The highest BCUT2D eigenvalue weighted by atomic mass is 16.1. The summed E-state index contributed by atoms with van der Waals surface area (Å²) in [5, 5.41) is 0. The third kappa shape index (κ3) is 3.98. The van der Waals surface area contributed by atoms with E-state index in [2.05, 4.69) is 25.7 Å². The lowest BCUT2D eigenvalue weighted by Gasteiger charge is -2.41. The summed E-state index contributed by atoms with van der Waals surface area (Å²) in [6.07, 6.45) is 7.00. The number of carbonyl (C=O) groups is 1. The van der Waals surface area contributed by atoms with Gasteiger partial charge in [-0.2, -0.15) is 0 Å². The first kappa shape index (κ1) is 14.5. The number of hydrogen-bond acceptors (Lipinski definition) is 2. The van der Waals surface area contributed by atoms with Gasteiger partial charge >= 0.3 is 0 Å². The van der Waals surface area contributed by atoms with Gasteiger partial charge in [-0.05, 0) is 38.6 Å². The maximum Gasteiger partial charge on any atom is 0.209 e. The molecule has 0 spiro atoms. The predicted octanol–water partition coefficient (Wildman–Crippen LogP) is 2.51. The molecule has 1 heterocycles. The monoisotopic (exact) mass is 240 g/mol. The molecule has 100 valence electrons. The van der Waals surface area contributed by atoms with E-state index in [1.165, 1.54) is 25.8 Å². The van der Waals surface area contributed by atoms with E-state index in [0.717, 1.165) is 38.4 Å². The number of carbonyl (C=O) groups excluding carboxylic acids is 1. The predicted molar refractivity (Wildman–Crippen MR) is 72.0 cm³/mol. The van der Waals surface area contributed by atoms with Crippen molar-refractivity contribution in [3.63, 3.8) is 0 Å². The van der Waals surface area contributed by atoms with Crippen molar-refractivity contribution in [1.82, 2.24) is 9.80 Å². The van der Waals surface area contributed by atoms with Crippen molar-refractivity contribution < 1.29 is 4.79 Å². The fraction of sp³-hybridized carbons (Fsp3) is 0.929. The Morgan fingerprint density at radius 2 is 1.82 bits per heavy atom. The van der Waals surface area contributed by atoms with Gasteiger partial charge in [0.2, 0.25) is 6.41 Å². The summed E-state index contributed by atoms with van der Waals surface area (Å²) in [5.74, 6) is 0. The second-order valence-electron chi connectivity index (χ2n) is 5.08. The van der Waals surface area contributed by atoms with Crippen LogP contribution in [-0.2, 0) is 4.79 Å². The standard InChI is InChI=1S/C14H28N2O/c1-4-9-16(13(5-2)6-3)14-7-10-15(12-17)11-8-14/h12-14H,4-11H2,1-3H3. The zero-order valence-corrected chi connectivity index (χ0v) is 11.7. The number of piperidine rings is 1. The Morgan fingerprint density at radius 3 is 2.24 bits per heavy atom. The SMILES string of the molecule is CCCN(C(CC)CC)C1CCN(C=O)CC1. The molecule has 0 atom stereocenters. The number of nitrogens with zero attached hydrogens (tertiary/aromatic N) is 2. The van der Waals surface area contributed by atoms with Crippen molar-refractivity contribution in [3.05, 3.63) is 0 Å². The van der Waals surface area contributed by atoms with E-state index in [-0.39, 0.29) is 0 Å². The van der Waals surface area contributed by atoms with Crippen LogP contribution in [0.5, 0.6) is 0 Å². The van der Waals surface area contributed by atoms with Crippen LogP contribution in [0.3, 0.4) is 0 Å². The molecule has 0 aliphatic carbocycles. The summed E-state index contributed by atoms with van der Waals surface area (Å²) in [6.45, 7) is 9.92. The Bertz CT molecular complexity index is 208. The summed E-state index contributed by atoms with van der Waals surface area (Å²) < 4.78 is 0. The molecule has 1 aliphatic heterocycles.